The number of ether oxygens (including phenoxy) is 1. The van der Waals surface area contributed by atoms with E-state index in [2.05, 4.69) is 17.6 Å². The summed E-state index contributed by atoms with van der Waals surface area (Å²) in [6.07, 6.45) is 3.74. The van der Waals surface area contributed by atoms with Crippen molar-refractivity contribution >= 4 is 0 Å². The summed E-state index contributed by atoms with van der Waals surface area (Å²) in [5, 5.41) is 6.71. The second-order valence-corrected chi connectivity index (χ2v) is 3.20. The van der Waals surface area contributed by atoms with Crippen LogP contribution in [-0.4, -0.2) is 39.9 Å². The number of hydrogen-bond acceptors (Lipinski definition) is 3. The van der Waals surface area contributed by atoms with Gasteiger partial charge in [0.25, 0.3) is 0 Å². The number of unbranched alkanes of at least 4 members (excludes halogenated alkanes) is 1. The first-order valence-electron chi connectivity index (χ1n) is 5.32. The first-order chi connectivity index (χ1) is 6.41. The molecule has 0 unspecified atom stereocenters. The van der Waals surface area contributed by atoms with Crippen LogP contribution in [0.2, 0.25) is 0 Å². The minimum absolute atomic E-state index is 0.814. The van der Waals surface area contributed by atoms with Crippen LogP contribution in [-0.2, 0) is 4.74 Å². The van der Waals surface area contributed by atoms with E-state index in [0.29, 0.717) is 0 Å². The first-order valence-corrected chi connectivity index (χ1v) is 5.32. The van der Waals surface area contributed by atoms with Crippen molar-refractivity contribution in [2.75, 3.05) is 39.9 Å². The number of hydrogen-bond donors (Lipinski definition) is 2. The van der Waals surface area contributed by atoms with E-state index in [0.717, 1.165) is 32.8 Å². The molecule has 3 nitrogen and oxygen atoms in total. The fraction of sp³-hybridized carbons (Fsp3) is 1.00. The molecule has 0 fully saturated rings. The van der Waals surface area contributed by atoms with Gasteiger partial charge in [0.05, 0.1) is 6.61 Å². The van der Waals surface area contributed by atoms with Crippen molar-refractivity contribution in [2.24, 2.45) is 0 Å². The van der Waals surface area contributed by atoms with E-state index in [1.54, 1.807) is 7.11 Å². The Balaban J connectivity index is 2.76. The zero-order valence-electron chi connectivity index (χ0n) is 9.07. The van der Waals surface area contributed by atoms with Crippen molar-refractivity contribution in [3.63, 3.8) is 0 Å². The minimum atomic E-state index is 0.814. The van der Waals surface area contributed by atoms with Crippen molar-refractivity contribution in [1.82, 2.24) is 10.6 Å². The van der Waals surface area contributed by atoms with Crippen molar-refractivity contribution in [3.8, 4) is 0 Å². The van der Waals surface area contributed by atoms with Crippen LogP contribution in [0.15, 0.2) is 0 Å². The van der Waals surface area contributed by atoms with E-state index < -0.39 is 0 Å². The monoisotopic (exact) mass is 188 g/mol. The van der Waals surface area contributed by atoms with Gasteiger partial charge in [0, 0.05) is 13.7 Å². The third-order valence-electron chi connectivity index (χ3n) is 1.87. The van der Waals surface area contributed by atoms with Crippen LogP contribution >= 0.6 is 0 Å². The molecule has 0 aliphatic heterocycles. The molecule has 0 saturated heterocycles. The molecule has 0 amide bonds. The smallest absolute Gasteiger partial charge is 0.0587 e. The van der Waals surface area contributed by atoms with Gasteiger partial charge >= 0.3 is 0 Å². The fourth-order valence-corrected chi connectivity index (χ4v) is 1.10. The third-order valence-corrected chi connectivity index (χ3v) is 1.87. The van der Waals surface area contributed by atoms with Gasteiger partial charge < -0.3 is 15.4 Å². The zero-order chi connectivity index (χ0) is 9.78. The van der Waals surface area contributed by atoms with Gasteiger partial charge in [0.15, 0.2) is 0 Å². The topological polar surface area (TPSA) is 33.3 Å². The highest BCUT2D eigenvalue weighted by Crippen LogP contribution is 1.84. The van der Waals surface area contributed by atoms with Crippen molar-refractivity contribution < 1.29 is 4.74 Å². The number of rotatable bonds is 10. The Hall–Kier alpha value is -0.120. The molecule has 0 bridgehead atoms. The molecule has 0 spiro atoms. The lowest BCUT2D eigenvalue weighted by atomic mass is 10.3. The molecule has 0 aliphatic carbocycles. The second-order valence-electron chi connectivity index (χ2n) is 3.20. The maximum Gasteiger partial charge on any atom is 0.0587 e. The molecule has 13 heavy (non-hydrogen) atoms. The number of methoxy groups -OCH3 is 1. The minimum Gasteiger partial charge on any atom is -0.383 e. The van der Waals surface area contributed by atoms with Crippen molar-refractivity contribution in [2.45, 2.75) is 26.2 Å². The SMILES string of the molecule is CCCNCCCCNCCOC. The average Bonchev–Trinajstić information content (AvgIpc) is 2.16. The summed E-state index contributed by atoms with van der Waals surface area (Å²) in [5.41, 5.74) is 0. The Kier molecular flexibility index (Phi) is 11.8. The fourth-order valence-electron chi connectivity index (χ4n) is 1.10. The number of nitrogens with one attached hydrogen (secondary N) is 2. The Bertz CT molecular complexity index is 79.0. The van der Waals surface area contributed by atoms with Crippen molar-refractivity contribution in [1.29, 1.82) is 0 Å². The summed E-state index contributed by atoms with van der Waals surface area (Å²) in [6.45, 7) is 7.39. The van der Waals surface area contributed by atoms with Gasteiger partial charge in [-0.05, 0) is 38.9 Å². The van der Waals surface area contributed by atoms with Crippen LogP contribution < -0.4 is 10.6 Å². The van der Waals surface area contributed by atoms with Gasteiger partial charge in [-0.3, -0.25) is 0 Å². The van der Waals surface area contributed by atoms with E-state index in [1.807, 2.05) is 0 Å². The quantitative estimate of drug-likeness (QED) is 0.502. The van der Waals surface area contributed by atoms with Crippen LogP contribution in [0.4, 0.5) is 0 Å². The molecule has 0 aromatic heterocycles. The standard InChI is InChI=1S/C10H24N2O/c1-3-6-11-7-4-5-8-12-9-10-13-2/h11-12H,3-10H2,1-2H3. The molecule has 0 heterocycles. The van der Waals surface area contributed by atoms with Gasteiger partial charge in [0.1, 0.15) is 0 Å². The van der Waals surface area contributed by atoms with Crippen molar-refractivity contribution in [3.05, 3.63) is 0 Å². The molecule has 3 heteroatoms. The lowest BCUT2D eigenvalue weighted by Gasteiger charge is -2.04. The van der Waals surface area contributed by atoms with Crippen LogP contribution in [0.25, 0.3) is 0 Å². The Morgan fingerprint density at radius 2 is 1.54 bits per heavy atom. The molecule has 2 N–H and O–H groups in total. The summed E-state index contributed by atoms with van der Waals surface area (Å²) in [6, 6.07) is 0. The Morgan fingerprint density at radius 1 is 0.923 bits per heavy atom. The molecular weight excluding hydrogens is 164 g/mol. The van der Waals surface area contributed by atoms with E-state index >= 15 is 0 Å². The molecule has 80 valence electrons. The third kappa shape index (κ3) is 11.9. The van der Waals surface area contributed by atoms with Crippen LogP contribution in [0, 0.1) is 0 Å². The largest absolute Gasteiger partial charge is 0.383 e. The van der Waals surface area contributed by atoms with Gasteiger partial charge in [-0.1, -0.05) is 6.92 Å². The maximum atomic E-state index is 4.93. The first kappa shape index (κ1) is 12.9. The molecule has 0 rings (SSSR count). The van der Waals surface area contributed by atoms with Gasteiger partial charge in [0.2, 0.25) is 0 Å². The van der Waals surface area contributed by atoms with Gasteiger partial charge in [-0.2, -0.15) is 0 Å². The molecule has 0 aliphatic rings. The summed E-state index contributed by atoms with van der Waals surface area (Å²) >= 11 is 0. The maximum absolute atomic E-state index is 4.93. The zero-order valence-corrected chi connectivity index (χ0v) is 9.07. The molecular formula is C10H24N2O. The molecule has 0 atom stereocenters. The van der Waals surface area contributed by atoms with Crippen LogP contribution in [0.1, 0.15) is 26.2 Å². The summed E-state index contributed by atoms with van der Waals surface area (Å²) < 4.78 is 4.93. The van der Waals surface area contributed by atoms with Gasteiger partial charge in [-0.15, -0.1) is 0 Å². The molecule has 0 aromatic carbocycles. The lowest BCUT2D eigenvalue weighted by Crippen LogP contribution is -2.22. The highest BCUT2D eigenvalue weighted by Gasteiger charge is 1.88. The van der Waals surface area contributed by atoms with Crippen LogP contribution in [0.3, 0.4) is 0 Å². The normalized spacial score (nSPS) is 10.6. The summed E-state index contributed by atoms with van der Waals surface area (Å²) in [7, 11) is 1.73. The van der Waals surface area contributed by atoms with E-state index in [9.17, 15) is 0 Å². The summed E-state index contributed by atoms with van der Waals surface area (Å²) in [4.78, 5) is 0. The Morgan fingerprint density at radius 3 is 2.08 bits per heavy atom. The highest BCUT2D eigenvalue weighted by atomic mass is 16.5. The van der Waals surface area contributed by atoms with E-state index in [-0.39, 0.29) is 0 Å². The Labute approximate surface area is 82.2 Å². The summed E-state index contributed by atoms with van der Waals surface area (Å²) in [5.74, 6) is 0. The predicted octanol–water partition coefficient (Wildman–Crippen LogP) is 1.00. The van der Waals surface area contributed by atoms with E-state index in [4.69, 9.17) is 4.74 Å². The molecule has 0 aromatic rings. The lowest BCUT2D eigenvalue weighted by molar-refractivity contribution is 0.199. The second kappa shape index (κ2) is 11.9. The van der Waals surface area contributed by atoms with Crippen LogP contribution in [0.5, 0.6) is 0 Å². The highest BCUT2D eigenvalue weighted by molar-refractivity contribution is 4.50. The van der Waals surface area contributed by atoms with E-state index in [1.165, 1.54) is 19.3 Å². The molecule has 0 saturated carbocycles. The predicted molar refractivity (Wildman–Crippen MR) is 57.1 cm³/mol. The van der Waals surface area contributed by atoms with Gasteiger partial charge in [-0.25, -0.2) is 0 Å². The molecule has 0 radical (unpaired) electrons. The average molecular weight is 188 g/mol.